The Morgan fingerprint density at radius 3 is 2.35 bits per heavy atom. The van der Waals surface area contributed by atoms with Gasteiger partial charge in [-0.15, -0.1) is 0 Å². The van der Waals surface area contributed by atoms with Crippen molar-refractivity contribution in [2.24, 2.45) is 0 Å². The van der Waals surface area contributed by atoms with Gasteiger partial charge in [0, 0.05) is 21.2 Å². The third kappa shape index (κ3) is 2.62. The van der Waals surface area contributed by atoms with Crippen LogP contribution in [0.25, 0.3) is 11.3 Å². The molecule has 0 spiro atoms. The molecule has 0 aliphatic heterocycles. The fourth-order valence-electron chi connectivity index (χ4n) is 1.46. The van der Waals surface area contributed by atoms with Gasteiger partial charge in [0.15, 0.2) is 6.29 Å². The van der Waals surface area contributed by atoms with Crippen molar-refractivity contribution < 1.29 is 9.18 Å². The first-order chi connectivity index (χ1) is 8.10. The molecule has 0 saturated carbocycles. The van der Waals surface area contributed by atoms with E-state index >= 15 is 0 Å². The van der Waals surface area contributed by atoms with Gasteiger partial charge in [-0.3, -0.25) is 4.79 Å². The lowest BCUT2D eigenvalue weighted by Crippen LogP contribution is -1.94. The van der Waals surface area contributed by atoms with E-state index in [-0.39, 0.29) is 11.3 Å². The molecule has 0 radical (unpaired) electrons. The number of carbonyl (C=O) groups excluding carboxylic acids is 1. The summed E-state index contributed by atoms with van der Waals surface area (Å²) in [6.07, 6.45) is 0.608. The molecule has 0 amide bonds. The minimum Gasteiger partial charge on any atom is -0.298 e. The van der Waals surface area contributed by atoms with Gasteiger partial charge in [-0.2, -0.15) is 4.39 Å². The molecule has 0 fully saturated rings. The van der Waals surface area contributed by atoms with Crippen molar-refractivity contribution >= 4 is 29.5 Å². The van der Waals surface area contributed by atoms with Gasteiger partial charge in [0.25, 0.3) is 0 Å². The summed E-state index contributed by atoms with van der Waals surface area (Å²) < 4.78 is 13.1. The Bertz CT molecular complexity index is 566. The number of pyridine rings is 1. The molecule has 0 saturated heterocycles. The molecule has 2 rings (SSSR count). The van der Waals surface area contributed by atoms with E-state index in [1.54, 1.807) is 18.2 Å². The van der Waals surface area contributed by atoms with E-state index in [0.29, 0.717) is 21.9 Å². The highest BCUT2D eigenvalue weighted by Crippen LogP contribution is 2.27. The molecule has 2 nitrogen and oxygen atoms in total. The predicted octanol–water partition coefficient (Wildman–Crippen LogP) is 4.01. The van der Waals surface area contributed by atoms with E-state index in [1.165, 1.54) is 6.07 Å². The van der Waals surface area contributed by atoms with Crippen LogP contribution in [0.5, 0.6) is 0 Å². The molecule has 0 atom stereocenters. The van der Waals surface area contributed by atoms with Crippen LogP contribution in [-0.4, -0.2) is 11.3 Å². The lowest BCUT2D eigenvalue weighted by molar-refractivity contribution is 0.112. The van der Waals surface area contributed by atoms with Crippen molar-refractivity contribution in [3.05, 3.63) is 51.9 Å². The number of hydrogen-bond acceptors (Lipinski definition) is 2. The fourth-order valence-corrected chi connectivity index (χ4v) is 1.99. The fraction of sp³-hybridized carbons (Fsp3) is 0. The second-order valence-electron chi connectivity index (χ2n) is 3.35. The van der Waals surface area contributed by atoms with Crippen molar-refractivity contribution in [3.63, 3.8) is 0 Å². The van der Waals surface area contributed by atoms with Crippen LogP contribution in [0.1, 0.15) is 10.4 Å². The molecule has 1 aromatic heterocycles. The molecule has 0 aliphatic carbocycles. The second kappa shape index (κ2) is 4.82. The van der Waals surface area contributed by atoms with Gasteiger partial charge in [0.2, 0.25) is 5.95 Å². The molecule has 0 N–H and O–H groups in total. The average Bonchev–Trinajstić information content (AvgIpc) is 2.27. The van der Waals surface area contributed by atoms with Crippen molar-refractivity contribution in [3.8, 4) is 11.3 Å². The predicted molar refractivity (Wildman–Crippen MR) is 65.0 cm³/mol. The Morgan fingerprint density at radius 1 is 1.12 bits per heavy atom. The van der Waals surface area contributed by atoms with Gasteiger partial charge >= 0.3 is 0 Å². The summed E-state index contributed by atoms with van der Waals surface area (Å²) >= 11 is 11.7. The van der Waals surface area contributed by atoms with Gasteiger partial charge in [-0.1, -0.05) is 23.2 Å². The van der Waals surface area contributed by atoms with Gasteiger partial charge < -0.3 is 0 Å². The summed E-state index contributed by atoms with van der Waals surface area (Å²) in [4.78, 5) is 14.5. The molecule has 1 aromatic carbocycles. The van der Waals surface area contributed by atoms with Gasteiger partial charge in [-0.25, -0.2) is 4.98 Å². The zero-order valence-corrected chi connectivity index (χ0v) is 9.97. The molecule has 2 aromatic rings. The standard InChI is InChI=1S/C12H6Cl2FNO/c13-9-3-8(4-10(14)5-9)12-7(6-17)1-2-11(15)16-12/h1-6H. The van der Waals surface area contributed by atoms with E-state index in [0.717, 1.165) is 6.07 Å². The SMILES string of the molecule is O=Cc1ccc(F)nc1-c1cc(Cl)cc(Cl)c1. The molecular formula is C12H6Cl2FNO. The summed E-state index contributed by atoms with van der Waals surface area (Å²) in [5, 5.41) is 0.797. The summed E-state index contributed by atoms with van der Waals surface area (Å²) in [6.45, 7) is 0. The van der Waals surface area contributed by atoms with E-state index in [4.69, 9.17) is 23.2 Å². The smallest absolute Gasteiger partial charge is 0.213 e. The first-order valence-corrected chi connectivity index (χ1v) is 5.44. The van der Waals surface area contributed by atoms with Crippen molar-refractivity contribution in [1.82, 2.24) is 4.98 Å². The normalized spacial score (nSPS) is 10.3. The van der Waals surface area contributed by atoms with E-state index in [9.17, 15) is 9.18 Å². The van der Waals surface area contributed by atoms with Crippen LogP contribution in [0.15, 0.2) is 30.3 Å². The summed E-state index contributed by atoms with van der Waals surface area (Å²) in [5.41, 5.74) is 1.01. The maximum atomic E-state index is 13.1. The highest BCUT2D eigenvalue weighted by Gasteiger charge is 2.09. The Labute approximate surface area is 107 Å². The number of carbonyl (C=O) groups is 1. The van der Waals surface area contributed by atoms with Crippen LogP contribution in [0.3, 0.4) is 0 Å². The second-order valence-corrected chi connectivity index (χ2v) is 4.22. The third-order valence-corrected chi connectivity index (χ3v) is 2.59. The van der Waals surface area contributed by atoms with Crippen LogP contribution < -0.4 is 0 Å². The van der Waals surface area contributed by atoms with Gasteiger partial charge in [-0.05, 0) is 30.3 Å². The molecule has 0 unspecified atom stereocenters. The molecule has 5 heteroatoms. The largest absolute Gasteiger partial charge is 0.298 e. The minimum absolute atomic E-state index is 0.226. The number of hydrogen-bond donors (Lipinski definition) is 0. The Balaban J connectivity index is 2.66. The number of halogens is 3. The number of rotatable bonds is 2. The van der Waals surface area contributed by atoms with Crippen LogP contribution in [-0.2, 0) is 0 Å². The zero-order chi connectivity index (χ0) is 12.4. The first kappa shape index (κ1) is 12.0. The molecule has 0 bridgehead atoms. The molecule has 1 heterocycles. The number of benzene rings is 1. The van der Waals surface area contributed by atoms with E-state index in [2.05, 4.69) is 4.98 Å². The van der Waals surface area contributed by atoms with Gasteiger partial charge in [0.1, 0.15) is 0 Å². The summed E-state index contributed by atoms with van der Waals surface area (Å²) in [7, 11) is 0. The number of aldehydes is 1. The van der Waals surface area contributed by atoms with Crippen molar-refractivity contribution in [2.45, 2.75) is 0 Å². The summed E-state index contributed by atoms with van der Waals surface area (Å²) in [5.74, 6) is -0.665. The zero-order valence-electron chi connectivity index (χ0n) is 8.45. The number of aromatic nitrogens is 1. The quantitative estimate of drug-likeness (QED) is 0.609. The first-order valence-electron chi connectivity index (χ1n) is 4.68. The van der Waals surface area contributed by atoms with E-state index in [1.807, 2.05) is 0 Å². The number of nitrogens with zero attached hydrogens (tertiary/aromatic N) is 1. The van der Waals surface area contributed by atoms with Gasteiger partial charge in [0.05, 0.1) is 5.69 Å². The third-order valence-electron chi connectivity index (χ3n) is 2.16. The highest BCUT2D eigenvalue weighted by molar-refractivity contribution is 6.35. The van der Waals surface area contributed by atoms with Crippen molar-refractivity contribution in [2.75, 3.05) is 0 Å². The van der Waals surface area contributed by atoms with Crippen LogP contribution >= 0.6 is 23.2 Å². The minimum atomic E-state index is -0.665. The average molecular weight is 270 g/mol. The lowest BCUT2D eigenvalue weighted by atomic mass is 10.1. The molecule has 0 aliphatic rings. The monoisotopic (exact) mass is 269 g/mol. The van der Waals surface area contributed by atoms with E-state index < -0.39 is 5.95 Å². The molecular weight excluding hydrogens is 264 g/mol. The Morgan fingerprint density at radius 2 is 1.76 bits per heavy atom. The summed E-state index contributed by atoms with van der Waals surface area (Å²) in [6, 6.07) is 7.18. The Hall–Kier alpha value is -1.45. The van der Waals surface area contributed by atoms with Crippen LogP contribution in [0, 0.1) is 5.95 Å². The maximum absolute atomic E-state index is 13.1. The van der Waals surface area contributed by atoms with Crippen LogP contribution in [0.2, 0.25) is 10.0 Å². The lowest BCUT2D eigenvalue weighted by Gasteiger charge is -2.05. The van der Waals surface area contributed by atoms with Crippen LogP contribution in [0.4, 0.5) is 4.39 Å². The Kier molecular flexibility index (Phi) is 3.41. The topological polar surface area (TPSA) is 30.0 Å². The molecule has 17 heavy (non-hydrogen) atoms. The molecule has 86 valence electrons. The highest BCUT2D eigenvalue weighted by atomic mass is 35.5. The van der Waals surface area contributed by atoms with Crippen molar-refractivity contribution in [1.29, 1.82) is 0 Å². The maximum Gasteiger partial charge on any atom is 0.213 e.